The van der Waals surface area contributed by atoms with Gasteiger partial charge in [-0.2, -0.15) is 0 Å². The van der Waals surface area contributed by atoms with Gasteiger partial charge < -0.3 is 10.4 Å². The number of rotatable bonds is 6. The Bertz CT molecular complexity index is 455. The molecule has 0 atom stereocenters. The van der Waals surface area contributed by atoms with Crippen molar-refractivity contribution in [2.45, 2.75) is 19.8 Å². The highest BCUT2D eigenvalue weighted by atomic mass is 16.4. The minimum atomic E-state index is -1.03. The van der Waals surface area contributed by atoms with Crippen LogP contribution in [0.5, 0.6) is 0 Å². The number of amides is 1. The monoisotopic (exact) mass is 248 g/mol. The summed E-state index contributed by atoms with van der Waals surface area (Å²) in [5, 5.41) is 11.3. The van der Waals surface area contributed by atoms with E-state index in [2.05, 4.69) is 10.3 Å². The third-order valence-electron chi connectivity index (χ3n) is 2.26. The van der Waals surface area contributed by atoms with Crippen LogP contribution in [0.1, 0.15) is 35.7 Å². The molecule has 1 aromatic rings. The normalized spacial score (nSPS) is 10.5. The fourth-order valence-electron chi connectivity index (χ4n) is 1.32. The molecule has 0 bridgehead atoms. The van der Waals surface area contributed by atoms with Gasteiger partial charge in [-0.15, -0.1) is 0 Å². The maximum absolute atomic E-state index is 11.7. The molecule has 0 aliphatic rings. The number of carbonyl (C=O) groups excluding carboxylic acids is 1. The van der Waals surface area contributed by atoms with Crippen molar-refractivity contribution in [2.24, 2.45) is 0 Å². The van der Waals surface area contributed by atoms with E-state index >= 15 is 0 Å². The molecule has 5 heteroatoms. The molecule has 18 heavy (non-hydrogen) atoms. The van der Waals surface area contributed by atoms with Crippen molar-refractivity contribution < 1.29 is 14.7 Å². The molecule has 2 N–H and O–H groups in total. The quantitative estimate of drug-likeness (QED) is 0.593. The lowest BCUT2D eigenvalue weighted by Crippen LogP contribution is -2.24. The molecule has 0 saturated carbocycles. The van der Waals surface area contributed by atoms with Crippen LogP contribution in [-0.2, 0) is 4.79 Å². The molecule has 96 valence electrons. The molecule has 0 aliphatic heterocycles. The summed E-state index contributed by atoms with van der Waals surface area (Å²) in [6.45, 7) is 2.68. The molecule has 1 rings (SSSR count). The van der Waals surface area contributed by atoms with Gasteiger partial charge in [0.25, 0.3) is 5.91 Å². The molecule has 0 aliphatic carbocycles. The van der Waals surface area contributed by atoms with Gasteiger partial charge in [-0.3, -0.25) is 9.78 Å². The molecule has 0 aromatic carbocycles. The summed E-state index contributed by atoms with van der Waals surface area (Å²) in [5.74, 6) is -1.23. The zero-order chi connectivity index (χ0) is 13.4. The second kappa shape index (κ2) is 7.21. The third kappa shape index (κ3) is 4.78. The van der Waals surface area contributed by atoms with Crippen molar-refractivity contribution in [1.29, 1.82) is 0 Å². The number of carbonyl (C=O) groups is 2. The predicted octanol–water partition coefficient (Wildman–Crippen LogP) is 1.71. The van der Waals surface area contributed by atoms with E-state index < -0.39 is 5.97 Å². The number of unbranched alkanes of at least 4 members (excludes halogenated alkanes) is 1. The first kappa shape index (κ1) is 13.9. The lowest BCUT2D eigenvalue weighted by atomic mass is 10.2. The summed E-state index contributed by atoms with van der Waals surface area (Å²) in [6, 6.07) is 1.60. The van der Waals surface area contributed by atoms with E-state index in [0.717, 1.165) is 18.9 Å². The molecule has 0 unspecified atom stereocenters. The van der Waals surface area contributed by atoms with Crippen molar-refractivity contribution in [1.82, 2.24) is 10.3 Å². The van der Waals surface area contributed by atoms with Gasteiger partial charge in [-0.25, -0.2) is 4.79 Å². The maximum atomic E-state index is 11.7. The zero-order valence-electron chi connectivity index (χ0n) is 10.2. The summed E-state index contributed by atoms with van der Waals surface area (Å²) in [7, 11) is 0. The predicted molar refractivity (Wildman–Crippen MR) is 68.1 cm³/mol. The Balaban J connectivity index is 2.69. The van der Waals surface area contributed by atoms with Crippen LogP contribution in [0.25, 0.3) is 6.08 Å². The highest BCUT2D eigenvalue weighted by Gasteiger charge is 2.05. The lowest BCUT2D eigenvalue weighted by molar-refractivity contribution is -0.131. The number of carboxylic acid groups (broad SMARTS) is 1. The number of aromatic nitrogens is 1. The van der Waals surface area contributed by atoms with Crippen LogP contribution >= 0.6 is 0 Å². The summed E-state index contributed by atoms with van der Waals surface area (Å²) < 4.78 is 0. The van der Waals surface area contributed by atoms with Crippen molar-refractivity contribution in [3.8, 4) is 0 Å². The molecular weight excluding hydrogens is 232 g/mol. The van der Waals surface area contributed by atoms with Gasteiger partial charge in [0.05, 0.1) is 5.56 Å². The molecule has 0 saturated heterocycles. The largest absolute Gasteiger partial charge is 0.478 e. The van der Waals surface area contributed by atoms with Gasteiger partial charge in [0.2, 0.25) is 0 Å². The van der Waals surface area contributed by atoms with E-state index in [4.69, 9.17) is 5.11 Å². The number of carboxylic acids is 1. The molecule has 1 aromatic heterocycles. The third-order valence-corrected chi connectivity index (χ3v) is 2.26. The number of hydrogen-bond acceptors (Lipinski definition) is 3. The molecule has 0 spiro atoms. The van der Waals surface area contributed by atoms with E-state index in [0.29, 0.717) is 17.7 Å². The van der Waals surface area contributed by atoms with Crippen molar-refractivity contribution in [2.75, 3.05) is 6.54 Å². The average Bonchev–Trinajstić information content (AvgIpc) is 2.37. The van der Waals surface area contributed by atoms with Gasteiger partial charge in [0.1, 0.15) is 0 Å². The average molecular weight is 248 g/mol. The van der Waals surface area contributed by atoms with Gasteiger partial charge >= 0.3 is 5.97 Å². The van der Waals surface area contributed by atoms with Crippen LogP contribution in [0, 0.1) is 0 Å². The summed E-state index contributed by atoms with van der Waals surface area (Å²) in [5.41, 5.74) is 1.01. The Morgan fingerprint density at radius 2 is 2.22 bits per heavy atom. The molecule has 0 radical (unpaired) electrons. The lowest BCUT2D eigenvalue weighted by Gasteiger charge is -2.04. The second-order valence-electron chi connectivity index (χ2n) is 3.79. The highest BCUT2D eigenvalue weighted by molar-refractivity contribution is 5.94. The Labute approximate surface area is 106 Å². The van der Waals surface area contributed by atoms with E-state index in [1.807, 2.05) is 6.92 Å². The van der Waals surface area contributed by atoms with E-state index in [1.165, 1.54) is 18.5 Å². The van der Waals surface area contributed by atoms with Crippen LogP contribution in [0.3, 0.4) is 0 Å². The fourth-order valence-corrected chi connectivity index (χ4v) is 1.32. The fraction of sp³-hybridized carbons (Fsp3) is 0.308. The van der Waals surface area contributed by atoms with Crippen LogP contribution in [0.2, 0.25) is 0 Å². The van der Waals surface area contributed by atoms with Crippen LogP contribution < -0.4 is 5.32 Å². The van der Waals surface area contributed by atoms with Crippen LogP contribution in [0.15, 0.2) is 24.5 Å². The van der Waals surface area contributed by atoms with Gasteiger partial charge in [-0.05, 0) is 24.1 Å². The van der Waals surface area contributed by atoms with E-state index in [1.54, 1.807) is 6.07 Å². The number of nitrogens with one attached hydrogen (secondary N) is 1. The molecule has 0 fully saturated rings. The SMILES string of the molecule is CCCCNC(=O)c1cncc(C=CC(=O)O)c1. The Kier molecular flexibility index (Phi) is 5.57. The van der Waals surface area contributed by atoms with Gasteiger partial charge in [0, 0.05) is 25.0 Å². The first-order chi connectivity index (χ1) is 8.63. The topological polar surface area (TPSA) is 79.3 Å². The van der Waals surface area contributed by atoms with E-state index in [-0.39, 0.29) is 5.91 Å². The van der Waals surface area contributed by atoms with Crippen molar-refractivity contribution in [3.05, 3.63) is 35.7 Å². The summed E-state index contributed by atoms with van der Waals surface area (Å²) in [4.78, 5) is 26.0. The van der Waals surface area contributed by atoms with Crippen molar-refractivity contribution in [3.63, 3.8) is 0 Å². The highest BCUT2D eigenvalue weighted by Crippen LogP contribution is 2.05. The smallest absolute Gasteiger partial charge is 0.328 e. The van der Waals surface area contributed by atoms with E-state index in [9.17, 15) is 9.59 Å². The molecule has 1 heterocycles. The Morgan fingerprint density at radius 1 is 1.44 bits per heavy atom. The first-order valence-corrected chi connectivity index (χ1v) is 5.77. The van der Waals surface area contributed by atoms with Crippen molar-refractivity contribution >= 4 is 18.0 Å². The standard InChI is InChI=1S/C13H16N2O3/c1-2-3-6-15-13(18)11-7-10(8-14-9-11)4-5-12(16)17/h4-5,7-9H,2-3,6H2,1H3,(H,15,18)(H,16,17). The van der Waals surface area contributed by atoms with Gasteiger partial charge in [0.15, 0.2) is 0 Å². The Hall–Kier alpha value is -2.17. The number of hydrogen-bond donors (Lipinski definition) is 2. The number of nitrogens with zero attached hydrogens (tertiary/aromatic N) is 1. The minimum absolute atomic E-state index is 0.193. The molecule has 5 nitrogen and oxygen atoms in total. The Morgan fingerprint density at radius 3 is 2.89 bits per heavy atom. The first-order valence-electron chi connectivity index (χ1n) is 5.77. The number of pyridine rings is 1. The summed E-state index contributed by atoms with van der Waals surface area (Å²) in [6.07, 6.45) is 7.31. The second-order valence-corrected chi connectivity index (χ2v) is 3.79. The molecular formula is C13H16N2O3. The number of aliphatic carboxylic acids is 1. The minimum Gasteiger partial charge on any atom is -0.478 e. The molecule has 1 amide bonds. The van der Waals surface area contributed by atoms with Gasteiger partial charge in [-0.1, -0.05) is 13.3 Å². The maximum Gasteiger partial charge on any atom is 0.328 e. The zero-order valence-corrected chi connectivity index (χ0v) is 10.2. The summed E-state index contributed by atoms with van der Waals surface area (Å²) >= 11 is 0. The van der Waals surface area contributed by atoms with Crippen LogP contribution in [-0.4, -0.2) is 28.5 Å². The van der Waals surface area contributed by atoms with Crippen LogP contribution in [0.4, 0.5) is 0 Å².